The van der Waals surface area contributed by atoms with Gasteiger partial charge in [-0.15, -0.1) is 17.0 Å². The fourth-order valence-electron chi connectivity index (χ4n) is 3.40. The lowest BCUT2D eigenvalue weighted by Crippen LogP contribution is -2.38. The van der Waals surface area contributed by atoms with Crippen LogP contribution in [-0.4, -0.2) is 31.8 Å². The van der Waals surface area contributed by atoms with Gasteiger partial charge in [-0.05, 0) is 56.3 Å². The van der Waals surface area contributed by atoms with Crippen molar-refractivity contribution in [2.24, 2.45) is 5.92 Å². The van der Waals surface area contributed by atoms with E-state index in [-0.39, 0.29) is 35.0 Å². The fraction of sp³-hybridized carbons (Fsp3) is 0.480. The summed E-state index contributed by atoms with van der Waals surface area (Å²) in [6, 6.07) is 19.7. The number of ether oxygens (including phenoxy) is 2. The molecule has 1 unspecified atom stereocenters. The van der Waals surface area contributed by atoms with Crippen molar-refractivity contribution >= 4 is 23.0 Å². The van der Waals surface area contributed by atoms with E-state index in [1.807, 2.05) is 67.6 Å². The van der Waals surface area contributed by atoms with Crippen LogP contribution in [-0.2, 0) is 9.53 Å². The van der Waals surface area contributed by atoms with Gasteiger partial charge in [0.15, 0.2) is 0 Å². The summed E-state index contributed by atoms with van der Waals surface area (Å²) >= 11 is 0. The summed E-state index contributed by atoms with van der Waals surface area (Å²) in [5, 5.41) is 3.45. The summed E-state index contributed by atoms with van der Waals surface area (Å²) in [5.41, 5.74) is 0.992. The van der Waals surface area contributed by atoms with Gasteiger partial charge in [-0.25, -0.2) is 0 Å². The second-order valence-corrected chi connectivity index (χ2v) is 7.40. The van der Waals surface area contributed by atoms with E-state index in [9.17, 15) is 4.79 Å². The van der Waals surface area contributed by atoms with Crippen LogP contribution in [0.3, 0.4) is 0 Å². The second kappa shape index (κ2) is 15.0. The molecule has 2 rings (SSSR count). The molecule has 2 atom stereocenters. The zero-order chi connectivity index (χ0) is 20.9. The van der Waals surface area contributed by atoms with Gasteiger partial charge in [-0.1, -0.05) is 62.4 Å². The van der Waals surface area contributed by atoms with Gasteiger partial charge in [0.25, 0.3) is 0 Å². The largest absolute Gasteiger partial charge is 0.494 e. The number of carbonyl (C=O) groups excluding carboxylic acids is 1. The highest BCUT2D eigenvalue weighted by molar-refractivity contribution is 8.93. The predicted molar refractivity (Wildman–Crippen MR) is 129 cm³/mol. The molecule has 0 saturated heterocycles. The molecule has 0 heterocycles. The molecule has 0 aromatic heterocycles. The van der Waals surface area contributed by atoms with Crippen molar-refractivity contribution in [2.75, 3.05) is 19.7 Å². The summed E-state index contributed by atoms with van der Waals surface area (Å²) in [6.45, 7) is 8.39. The minimum absolute atomic E-state index is 0. The summed E-state index contributed by atoms with van der Waals surface area (Å²) in [5.74, 6) is 0.843. The first-order valence-corrected chi connectivity index (χ1v) is 10.8. The fourth-order valence-corrected chi connectivity index (χ4v) is 3.40. The number of carbonyl (C=O) groups is 1. The van der Waals surface area contributed by atoms with E-state index >= 15 is 0 Å². The quantitative estimate of drug-likeness (QED) is 0.293. The number of benzene rings is 2. The molecule has 0 bridgehead atoms. The third kappa shape index (κ3) is 8.88. The van der Waals surface area contributed by atoms with Gasteiger partial charge in [-0.3, -0.25) is 4.79 Å². The van der Waals surface area contributed by atoms with Crippen LogP contribution < -0.4 is 10.1 Å². The third-order valence-corrected chi connectivity index (χ3v) is 5.35. The van der Waals surface area contributed by atoms with Crippen molar-refractivity contribution in [3.8, 4) is 5.75 Å². The Labute approximate surface area is 192 Å². The minimum Gasteiger partial charge on any atom is -0.494 e. The van der Waals surface area contributed by atoms with Crippen LogP contribution in [0.2, 0.25) is 0 Å². The molecule has 0 aliphatic heterocycles. The Hall–Kier alpha value is -1.85. The van der Waals surface area contributed by atoms with E-state index in [0.717, 1.165) is 37.1 Å². The Morgan fingerprint density at radius 1 is 0.967 bits per heavy atom. The van der Waals surface area contributed by atoms with Crippen LogP contribution in [0.5, 0.6) is 5.75 Å². The number of halogens is 1. The number of hydrogen-bond acceptors (Lipinski definition) is 4. The molecule has 1 N–H and O–H groups in total. The average Bonchev–Trinajstić information content (AvgIpc) is 2.77. The Balaban J connectivity index is 0.00000450. The molecule has 0 aliphatic carbocycles. The van der Waals surface area contributed by atoms with Crippen molar-refractivity contribution in [3.05, 3.63) is 66.2 Å². The van der Waals surface area contributed by atoms with Gasteiger partial charge in [-0.2, -0.15) is 0 Å². The van der Waals surface area contributed by atoms with Crippen LogP contribution in [0.4, 0.5) is 0 Å². The first-order chi connectivity index (χ1) is 14.2. The Kier molecular flexibility index (Phi) is 13.1. The van der Waals surface area contributed by atoms with Crippen LogP contribution >= 0.6 is 17.0 Å². The van der Waals surface area contributed by atoms with Crippen LogP contribution in [0.1, 0.15) is 51.5 Å². The van der Waals surface area contributed by atoms with Gasteiger partial charge in [0.2, 0.25) is 0 Å². The minimum atomic E-state index is -0.257. The maximum Gasteiger partial charge on any atom is 0.313 e. The van der Waals surface area contributed by atoms with E-state index in [1.165, 1.54) is 0 Å². The summed E-state index contributed by atoms with van der Waals surface area (Å²) in [7, 11) is 0. The van der Waals surface area contributed by atoms with Gasteiger partial charge in [0.05, 0.1) is 12.5 Å². The maximum absolute atomic E-state index is 12.7. The lowest BCUT2D eigenvalue weighted by atomic mass is 9.95. The van der Waals surface area contributed by atoms with Crippen molar-refractivity contribution in [3.63, 3.8) is 0 Å². The lowest BCUT2D eigenvalue weighted by molar-refractivity contribution is -0.153. The van der Waals surface area contributed by atoms with E-state index in [1.54, 1.807) is 0 Å². The van der Waals surface area contributed by atoms with Gasteiger partial charge in [0, 0.05) is 6.54 Å². The molecule has 0 spiro atoms. The highest BCUT2D eigenvalue weighted by Crippen LogP contribution is 2.21. The molecule has 0 amide bonds. The molecule has 2 aromatic carbocycles. The molecule has 0 fully saturated rings. The summed E-state index contributed by atoms with van der Waals surface area (Å²) < 4.78 is 11.7. The van der Waals surface area contributed by atoms with Crippen LogP contribution in [0, 0.1) is 5.92 Å². The van der Waals surface area contributed by atoms with E-state index < -0.39 is 0 Å². The molecule has 0 radical (unpaired) electrons. The molecular weight excluding hydrogens is 442 g/mol. The smallest absolute Gasteiger partial charge is 0.313 e. The third-order valence-electron chi connectivity index (χ3n) is 5.35. The van der Waals surface area contributed by atoms with Crippen molar-refractivity contribution < 1.29 is 14.3 Å². The summed E-state index contributed by atoms with van der Waals surface area (Å²) in [6.07, 6.45) is 2.78. The number of nitrogens with one attached hydrogen (secondary N) is 1. The average molecular weight is 478 g/mol. The standard InChI is InChI=1S/C25H35NO3.BrH/c1-4-21(5-2)24(29-25(27)20(3)22-13-8-6-9-14-22)19-26-17-12-18-28-23-15-10-7-11-16-23;/h6-11,13-16,20-21,24,26H,4-5,12,17-19H2,1-3H3;1H/t20?,24-;/m0./s1. The van der Waals surface area contributed by atoms with E-state index in [2.05, 4.69) is 19.2 Å². The normalized spacial score (nSPS) is 12.7. The number of para-hydroxylation sites is 1. The number of esters is 1. The molecule has 0 aliphatic rings. The van der Waals surface area contributed by atoms with Crippen LogP contribution in [0.25, 0.3) is 0 Å². The van der Waals surface area contributed by atoms with Gasteiger partial charge >= 0.3 is 5.97 Å². The molecule has 5 heteroatoms. The monoisotopic (exact) mass is 477 g/mol. The maximum atomic E-state index is 12.7. The highest BCUT2D eigenvalue weighted by atomic mass is 79.9. The van der Waals surface area contributed by atoms with Crippen LogP contribution in [0.15, 0.2) is 60.7 Å². The Bertz CT molecular complexity index is 692. The number of hydrogen-bond donors (Lipinski definition) is 1. The highest BCUT2D eigenvalue weighted by Gasteiger charge is 2.25. The van der Waals surface area contributed by atoms with E-state index in [4.69, 9.17) is 9.47 Å². The Morgan fingerprint density at radius 3 is 2.17 bits per heavy atom. The molecular formula is C25H36BrNO3. The number of rotatable bonds is 13. The SMILES string of the molecule is Br.CCC(CC)[C@H](CNCCCOc1ccccc1)OC(=O)C(C)c1ccccc1. The van der Waals surface area contributed by atoms with Gasteiger partial charge < -0.3 is 14.8 Å². The van der Waals surface area contributed by atoms with Crippen molar-refractivity contribution in [2.45, 2.75) is 52.1 Å². The molecule has 166 valence electrons. The first kappa shape index (κ1) is 26.2. The molecule has 4 nitrogen and oxygen atoms in total. The molecule has 2 aromatic rings. The zero-order valence-electron chi connectivity index (χ0n) is 18.4. The zero-order valence-corrected chi connectivity index (χ0v) is 20.1. The first-order valence-electron chi connectivity index (χ1n) is 10.8. The van der Waals surface area contributed by atoms with Crippen molar-refractivity contribution in [1.29, 1.82) is 0 Å². The van der Waals surface area contributed by atoms with E-state index in [0.29, 0.717) is 19.1 Å². The predicted octanol–water partition coefficient (Wildman–Crippen LogP) is 5.77. The topological polar surface area (TPSA) is 47.6 Å². The van der Waals surface area contributed by atoms with Gasteiger partial charge in [0.1, 0.15) is 11.9 Å². The molecule has 30 heavy (non-hydrogen) atoms. The second-order valence-electron chi connectivity index (χ2n) is 7.40. The van der Waals surface area contributed by atoms with Crippen molar-refractivity contribution in [1.82, 2.24) is 5.32 Å². The summed E-state index contributed by atoms with van der Waals surface area (Å²) in [4.78, 5) is 12.7. The lowest BCUT2D eigenvalue weighted by Gasteiger charge is -2.27. The Morgan fingerprint density at radius 2 is 1.57 bits per heavy atom. The molecule has 0 saturated carbocycles.